The fraction of sp³-hybridized carbons (Fsp3) is 0.238. The fourth-order valence-electron chi connectivity index (χ4n) is 2.73. The summed E-state index contributed by atoms with van der Waals surface area (Å²) in [6, 6.07) is 14.5. The van der Waals surface area contributed by atoms with E-state index in [4.69, 9.17) is 0 Å². The third kappa shape index (κ3) is 6.50. The molecule has 0 fully saturated rings. The number of nitrogens with one attached hydrogen (secondary N) is 2. The van der Waals surface area contributed by atoms with Crippen LogP contribution < -0.4 is 15.4 Å². The van der Waals surface area contributed by atoms with Crippen molar-refractivity contribution in [3.05, 3.63) is 54.6 Å². The van der Waals surface area contributed by atoms with E-state index < -0.39 is 6.36 Å². The van der Waals surface area contributed by atoms with Crippen molar-refractivity contribution in [1.29, 1.82) is 0 Å². The number of alkyl halides is 3. The zero-order valence-corrected chi connectivity index (χ0v) is 17.6. The summed E-state index contributed by atoms with van der Waals surface area (Å²) in [5.74, 6) is 0.329. The van der Waals surface area contributed by atoms with Crippen molar-refractivity contribution in [3.8, 4) is 17.0 Å². The number of benzene rings is 2. The number of ether oxygens (including phenoxy) is 1. The van der Waals surface area contributed by atoms with Crippen molar-refractivity contribution in [2.24, 2.45) is 0 Å². The van der Waals surface area contributed by atoms with Gasteiger partial charge in [-0.3, -0.25) is 0 Å². The average molecular weight is 450 g/mol. The van der Waals surface area contributed by atoms with Gasteiger partial charge in [0, 0.05) is 22.6 Å². The van der Waals surface area contributed by atoms with E-state index >= 15 is 0 Å². The molecule has 2 aromatic carbocycles. The smallest absolute Gasteiger partial charge is 0.406 e. The lowest BCUT2D eigenvalue weighted by atomic mass is 10.1. The third-order valence-electron chi connectivity index (χ3n) is 4.11. The molecule has 0 saturated carbocycles. The zero-order chi connectivity index (χ0) is 22.4. The molecule has 10 heteroatoms. The maximum atomic E-state index is 12.6. The number of aliphatic hydroxyl groups is 1. The quantitative estimate of drug-likeness (QED) is 0.402. The Bertz CT molecular complexity index is 1030. The number of hydrogen-bond acceptors (Lipinski definition) is 7. The molecule has 0 spiro atoms. The van der Waals surface area contributed by atoms with Crippen LogP contribution in [0.3, 0.4) is 0 Å². The molecule has 3 N–H and O–H groups in total. The molecule has 0 aliphatic heterocycles. The molecule has 1 heterocycles. The van der Waals surface area contributed by atoms with E-state index in [1.165, 1.54) is 18.2 Å². The Hall–Kier alpha value is -2.98. The Morgan fingerprint density at radius 1 is 1.10 bits per heavy atom. The molecular weight excluding hydrogens is 429 g/mol. The largest absolute Gasteiger partial charge is 0.573 e. The number of nitrogens with zero attached hydrogens (tertiary/aromatic N) is 2. The second kappa shape index (κ2) is 9.88. The van der Waals surface area contributed by atoms with Gasteiger partial charge in [-0.1, -0.05) is 24.3 Å². The minimum atomic E-state index is -4.79. The molecule has 0 aliphatic carbocycles. The Labute approximate surface area is 181 Å². The fourth-order valence-corrected chi connectivity index (χ4v) is 3.28. The summed E-state index contributed by atoms with van der Waals surface area (Å²) in [5, 5.41) is 15.6. The van der Waals surface area contributed by atoms with Gasteiger partial charge in [0.2, 0.25) is 5.95 Å². The van der Waals surface area contributed by atoms with Crippen molar-refractivity contribution in [2.75, 3.05) is 23.5 Å². The van der Waals surface area contributed by atoms with Gasteiger partial charge >= 0.3 is 6.36 Å². The summed E-state index contributed by atoms with van der Waals surface area (Å²) in [6.07, 6.45) is -2.84. The van der Waals surface area contributed by atoms with Crippen molar-refractivity contribution in [3.63, 3.8) is 0 Å². The van der Waals surface area contributed by atoms with Gasteiger partial charge in [-0.15, -0.1) is 24.9 Å². The van der Waals surface area contributed by atoms with E-state index in [2.05, 4.69) is 25.3 Å². The topological polar surface area (TPSA) is 79.3 Å². The highest BCUT2D eigenvalue weighted by Crippen LogP contribution is 2.31. The first kappa shape index (κ1) is 22.7. The number of hydrogen-bond donors (Lipinski definition) is 3. The van der Waals surface area contributed by atoms with Gasteiger partial charge in [-0.05, 0) is 37.4 Å². The molecule has 0 bridgehead atoms. The lowest BCUT2D eigenvalue weighted by Crippen LogP contribution is -2.21. The predicted molar refractivity (Wildman–Crippen MR) is 116 cm³/mol. The monoisotopic (exact) mass is 450 g/mol. The summed E-state index contributed by atoms with van der Waals surface area (Å²) in [6.45, 7) is 1.62. The molecule has 0 radical (unpaired) electrons. The van der Waals surface area contributed by atoms with Crippen molar-refractivity contribution >= 4 is 29.2 Å². The van der Waals surface area contributed by atoms with Gasteiger partial charge in [0.05, 0.1) is 18.0 Å². The molecule has 6 nitrogen and oxygen atoms in total. The summed E-state index contributed by atoms with van der Waals surface area (Å²) < 4.78 is 41.8. The van der Waals surface area contributed by atoms with E-state index in [1.807, 2.05) is 30.5 Å². The van der Waals surface area contributed by atoms with Crippen LogP contribution in [0.1, 0.15) is 6.92 Å². The van der Waals surface area contributed by atoms with Gasteiger partial charge in [0.15, 0.2) is 0 Å². The highest BCUT2D eigenvalue weighted by molar-refractivity contribution is 7.98. The predicted octanol–water partition coefficient (Wildman–Crippen LogP) is 5.30. The Balaban J connectivity index is 2.00. The first-order valence-corrected chi connectivity index (χ1v) is 10.5. The minimum absolute atomic E-state index is 0.138. The number of aliphatic hydroxyl groups excluding tert-OH is 1. The van der Waals surface area contributed by atoms with E-state index in [-0.39, 0.29) is 24.3 Å². The van der Waals surface area contributed by atoms with Crippen LogP contribution in [0, 0.1) is 0 Å². The van der Waals surface area contributed by atoms with Gasteiger partial charge in [0.1, 0.15) is 11.6 Å². The number of rotatable bonds is 8. The van der Waals surface area contributed by atoms with E-state index in [1.54, 1.807) is 30.8 Å². The van der Waals surface area contributed by atoms with E-state index in [0.29, 0.717) is 17.1 Å². The molecule has 0 unspecified atom stereocenters. The highest BCUT2D eigenvalue weighted by atomic mass is 32.2. The standard InChI is InChI=1S/C21H21F3N4O2S/c1-13(12-29)25-20-27-17(14-6-5-7-15(10-14)30-21(22,23)24)11-19(28-20)26-16-8-3-4-9-18(16)31-2/h3-11,13,29H,12H2,1-2H3,(H2,25,26,27,28)/t13-/m1/s1. The molecule has 1 aromatic heterocycles. The van der Waals surface area contributed by atoms with Gasteiger partial charge < -0.3 is 20.5 Å². The molecular formula is C21H21F3N4O2S. The maximum absolute atomic E-state index is 12.6. The van der Waals surface area contributed by atoms with Crippen LogP contribution in [0.4, 0.5) is 30.6 Å². The number of thioether (sulfide) groups is 1. The van der Waals surface area contributed by atoms with Gasteiger partial charge in [-0.2, -0.15) is 4.98 Å². The number of halogens is 3. The van der Waals surface area contributed by atoms with Crippen LogP contribution in [-0.2, 0) is 0 Å². The minimum Gasteiger partial charge on any atom is -0.406 e. The highest BCUT2D eigenvalue weighted by Gasteiger charge is 2.31. The van der Waals surface area contributed by atoms with Crippen molar-refractivity contribution < 1.29 is 23.0 Å². The molecule has 164 valence electrons. The first-order valence-electron chi connectivity index (χ1n) is 9.30. The van der Waals surface area contributed by atoms with Crippen molar-refractivity contribution in [2.45, 2.75) is 24.2 Å². The average Bonchev–Trinajstić information content (AvgIpc) is 2.73. The van der Waals surface area contributed by atoms with E-state index in [0.717, 1.165) is 10.6 Å². The Morgan fingerprint density at radius 3 is 2.58 bits per heavy atom. The summed E-state index contributed by atoms with van der Waals surface area (Å²) in [4.78, 5) is 9.83. The van der Waals surface area contributed by atoms with Crippen LogP contribution >= 0.6 is 11.8 Å². The van der Waals surface area contributed by atoms with Crippen LogP contribution in [-0.4, -0.2) is 40.3 Å². The Morgan fingerprint density at radius 2 is 1.87 bits per heavy atom. The lowest BCUT2D eigenvalue weighted by molar-refractivity contribution is -0.274. The Kier molecular flexibility index (Phi) is 7.24. The molecule has 3 rings (SSSR count). The first-order chi connectivity index (χ1) is 14.8. The molecule has 31 heavy (non-hydrogen) atoms. The van der Waals surface area contributed by atoms with Gasteiger partial charge in [-0.25, -0.2) is 4.98 Å². The lowest BCUT2D eigenvalue weighted by Gasteiger charge is -2.16. The third-order valence-corrected chi connectivity index (χ3v) is 4.90. The normalized spacial score (nSPS) is 12.3. The molecule has 1 atom stereocenters. The maximum Gasteiger partial charge on any atom is 0.573 e. The second-order valence-corrected chi connectivity index (χ2v) is 7.44. The number of anilines is 3. The summed E-state index contributed by atoms with van der Waals surface area (Å²) >= 11 is 1.56. The number of para-hydroxylation sites is 1. The second-order valence-electron chi connectivity index (χ2n) is 6.59. The van der Waals surface area contributed by atoms with Crippen LogP contribution in [0.5, 0.6) is 5.75 Å². The zero-order valence-electron chi connectivity index (χ0n) is 16.8. The molecule has 3 aromatic rings. The van der Waals surface area contributed by atoms with Crippen LogP contribution in [0.15, 0.2) is 59.5 Å². The van der Waals surface area contributed by atoms with E-state index in [9.17, 15) is 18.3 Å². The molecule has 0 saturated heterocycles. The van der Waals surface area contributed by atoms with Gasteiger partial charge in [0.25, 0.3) is 0 Å². The SMILES string of the molecule is CSc1ccccc1Nc1cc(-c2cccc(OC(F)(F)F)c2)nc(N[C@H](C)CO)n1. The molecule has 0 aliphatic rings. The van der Waals surface area contributed by atoms with Crippen LogP contribution in [0.25, 0.3) is 11.3 Å². The number of aromatic nitrogens is 2. The van der Waals surface area contributed by atoms with Crippen molar-refractivity contribution in [1.82, 2.24) is 9.97 Å². The van der Waals surface area contributed by atoms with Crippen LogP contribution in [0.2, 0.25) is 0 Å². The molecule has 0 amide bonds. The summed E-state index contributed by atoms with van der Waals surface area (Å²) in [7, 11) is 0. The summed E-state index contributed by atoms with van der Waals surface area (Å²) in [5.41, 5.74) is 1.64.